The van der Waals surface area contributed by atoms with Crippen LogP contribution < -0.4 is 15.1 Å². The van der Waals surface area contributed by atoms with Crippen LogP contribution >= 0.6 is 12.3 Å². The number of esters is 1. The minimum Gasteiger partial charge on any atom is -0.460 e. The van der Waals surface area contributed by atoms with Gasteiger partial charge < -0.3 is 44.4 Å². The molecule has 0 aromatic carbocycles. The second-order valence-electron chi connectivity index (χ2n) is 9.75. The third-order valence-corrected chi connectivity index (χ3v) is 6.57. The van der Waals surface area contributed by atoms with Crippen LogP contribution in [0.4, 0.5) is 11.6 Å². The third kappa shape index (κ3) is 9.80. The molecule has 268 valence electrons. The molecule has 2 aliphatic rings. The van der Waals surface area contributed by atoms with E-state index >= 15 is 0 Å². The molecule has 4 atom stereocenters. The van der Waals surface area contributed by atoms with Crippen LogP contribution in [0.1, 0.15) is 63.6 Å². The second kappa shape index (κ2) is 19.3. The Balaban J connectivity index is 0.000000328. The van der Waals surface area contributed by atoms with E-state index in [0.29, 0.717) is 11.5 Å². The molecule has 16 heteroatoms. The zero-order chi connectivity index (χ0) is 56.4. The van der Waals surface area contributed by atoms with Crippen LogP contribution in [-0.4, -0.2) is 120 Å². The first-order chi connectivity index (χ1) is 33.3. The quantitative estimate of drug-likeness (QED) is 0.189. The topological polar surface area (TPSA) is 157 Å². The molecular formula is C34H47ClN12O3. The number of amides is 1. The molecule has 2 fully saturated rings. The van der Waals surface area contributed by atoms with Crippen molar-refractivity contribution in [3.63, 3.8) is 0 Å². The molecule has 0 bridgehead atoms. The van der Waals surface area contributed by atoms with Crippen LogP contribution in [0.25, 0.3) is 31.8 Å². The van der Waals surface area contributed by atoms with E-state index in [4.69, 9.17) is 43.1 Å². The van der Waals surface area contributed by atoms with Gasteiger partial charge in [0.05, 0.1) is 28.9 Å². The van der Waals surface area contributed by atoms with Crippen molar-refractivity contribution in [1.82, 2.24) is 40.1 Å². The van der Waals surface area contributed by atoms with Gasteiger partial charge >= 0.3 is 18.4 Å². The lowest BCUT2D eigenvalue weighted by molar-refractivity contribution is -0.140. The first-order valence-corrected chi connectivity index (χ1v) is 14.4. The summed E-state index contributed by atoms with van der Waals surface area (Å²) in [6.45, 7) is -6.26. The van der Waals surface area contributed by atoms with Gasteiger partial charge in [0.25, 0.3) is 6.54 Å². The number of H-pyrrole nitrogens is 2. The molecule has 0 spiro atoms. The summed E-state index contributed by atoms with van der Waals surface area (Å²) >= 11 is 3.89. The van der Waals surface area contributed by atoms with Crippen LogP contribution in [0.5, 0.6) is 0 Å². The van der Waals surface area contributed by atoms with E-state index in [2.05, 4.69) is 62.0 Å². The number of nitrogens with one attached hydrogen (secondary N) is 3. The molecule has 0 saturated carbocycles. The van der Waals surface area contributed by atoms with Crippen LogP contribution in [0.15, 0.2) is 37.1 Å². The van der Waals surface area contributed by atoms with Gasteiger partial charge in [0, 0.05) is 73.8 Å². The van der Waals surface area contributed by atoms with Gasteiger partial charge in [-0.3, -0.25) is 4.79 Å². The Hall–Kier alpha value is -4.99. The van der Waals surface area contributed by atoms with Gasteiger partial charge in [-0.15, -0.1) is 12.3 Å². The third-order valence-electron chi connectivity index (χ3n) is 6.57. The summed E-state index contributed by atoms with van der Waals surface area (Å²) in [7, 11) is 0. The number of nitrogens with zero attached hydrogens (tertiary/aromatic N) is 9. The summed E-state index contributed by atoms with van der Waals surface area (Å²) in [5.74, 6) is -8.64. The normalized spacial score (nSPS) is 35.2. The van der Waals surface area contributed by atoms with Gasteiger partial charge in [-0.1, -0.05) is 13.7 Å². The Labute approximate surface area is 331 Å². The lowest BCUT2D eigenvalue weighted by atomic mass is 9.92. The molecule has 2 saturated heterocycles. The highest BCUT2D eigenvalue weighted by molar-refractivity contribution is 5.88. The number of ether oxygens (including phenoxy) is 1. The molecule has 3 N–H and O–H groups in total. The highest BCUT2D eigenvalue weighted by atomic mass is 35.5. The number of rotatable bonds is 7. The first kappa shape index (κ1) is 17.8. The van der Waals surface area contributed by atoms with E-state index in [1.807, 2.05) is 0 Å². The maximum Gasteiger partial charge on any atom is 0.387 e. The fourth-order valence-corrected chi connectivity index (χ4v) is 4.29. The van der Waals surface area contributed by atoms with Gasteiger partial charge in [0.2, 0.25) is 0 Å². The number of hydrogen-bond donors (Lipinski definition) is 3. The number of fused-ring (bicyclic) bond motifs is 2. The fraction of sp³-hybridized carbons (Fsp3) is 0.529. The van der Waals surface area contributed by atoms with Crippen molar-refractivity contribution < 1.29 is 44.5 Å². The molecule has 0 unspecified atom stereocenters. The zero-order valence-corrected chi connectivity index (χ0v) is 27.1. The zero-order valence-electron chi connectivity index (χ0n) is 49.4. The summed E-state index contributed by atoms with van der Waals surface area (Å²) in [6, 6.07) is -4.00. The van der Waals surface area contributed by atoms with E-state index in [9.17, 15) is 11.0 Å². The summed E-state index contributed by atoms with van der Waals surface area (Å²) in [5.41, 5.74) is 0.0290. The van der Waals surface area contributed by atoms with E-state index in [1.165, 1.54) is 24.5 Å². The standard InChI is InChI=1S/C16H20N6O.C13H19N5.C5H7NO2.ClH/c1-11-5-7-22(14(23)8-17-2)9-13(11)21(3)16-12-4-6-18-15(12)19-10-20-16;1-9-3-5-14-7-11(9)18(2)13-10-4-6-15-12(10)16-8-17-13;1-3-8-5(7)4-6-2;/h4,6,10-11,13H,5,7-9H2,1,3H3,(H,18,19,20);4,6,8-9,11,14H,3,5,7H2,1-2H3,(H,15,16,17);3-4H2,1H3;1H/t11-,13+;9-,11+;;/m11../s1/i1D3,3D3,9D2,10D,11D,13D;1D3,2D3,7D2,8D,9D,11D;;/hD. The summed E-state index contributed by atoms with van der Waals surface area (Å²) in [6.07, 6.45) is 0.106. The van der Waals surface area contributed by atoms with Crippen molar-refractivity contribution in [2.45, 2.75) is 45.5 Å². The van der Waals surface area contributed by atoms with Gasteiger partial charge in [-0.05, 0) is 50.2 Å². The van der Waals surface area contributed by atoms with Crippen molar-refractivity contribution in [3.05, 3.63) is 60.0 Å². The lowest BCUT2D eigenvalue weighted by Gasteiger charge is -2.41. The Kier molecular flexibility index (Phi) is 6.85. The number of aromatic amines is 2. The van der Waals surface area contributed by atoms with Crippen molar-refractivity contribution in [1.29, 1.82) is 1.17 Å². The summed E-state index contributed by atoms with van der Waals surface area (Å²) in [5, 5.41) is 2.33. The summed E-state index contributed by atoms with van der Waals surface area (Å²) in [4.78, 5) is 49.7. The number of halogens is 1. The van der Waals surface area contributed by atoms with Crippen molar-refractivity contribution in [2.24, 2.45) is 11.8 Å². The Morgan fingerprint density at radius 1 is 1.02 bits per heavy atom. The average molecular weight is 730 g/mol. The maximum atomic E-state index is 12.6. The number of likely N-dealkylation sites (tertiary alicyclic amines) is 1. The number of aromatic nitrogens is 6. The van der Waals surface area contributed by atoms with Crippen LogP contribution in [0.2, 0.25) is 0 Å². The maximum absolute atomic E-state index is 12.6. The molecular weight excluding hydrogens is 660 g/mol. The van der Waals surface area contributed by atoms with E-state index < -0.39 is 127 Å². The molecule has 15 nitrogen and oxygen atoms in total. The van der Waals surface area contributed by atoms with Crippen LogP contribution in [0, 0.1) is 24.9 Å². The molecule has 4 aromatic heterocycles. The fourth-order valence-electron chi connectivity index (χ4n) is 4.29. The number of piperidine rings is 2. The molecule has 2 aliphatic heterocycles. The monoisotopic (exact) mass is 730 g/mol. The molecule has 0 radical (unpaired) electrons. The molecule has 6 rings (SSSR count). The number of hydrogen-bond acceptors (Lipinski definition) is 10. The Bertz CT molecular complexity index is 2690. The van der Waals surface area contributed by atoms with Crippen LogP contribution in [-0.2, 0) is 14.3 Å². The average Bonchev–Trinajstić information content (AvgIpc) is 3.92. The number of likely N-dealkylation sites (N-methyl/N-ethyl adjacent to an activating group) is 2. The van der Waals surface area contributed by atoms with E-state index in [0.717, 1.165) is 0 Å². The number of carbonyl (C=O) groups excluding carboxylic acids is 2. The molecule has 0 aliphatic carbocycles. The van der Waals surface area contributed by atoms with Crippen molar-refractivity contribution in [2.75, 3.05) is 69.5 Å². The molecule has 6 heterocycles. The molecule has 4 aromatic rings. The van der Waals surface area contributed by atoms with Crippen molar-refractivity contribution in [3.8, 4) is 0 Å². The van der Waals surface area contributed by atoms with Crippen molar-refractivity contribution >= 4 is 57.9 Å². The van der Waals surface area contributed by atoms with Gasteiger partial charge in [0.1, 0.15) is 39.5 Å². The number of anilines is 2. The lowest BCUT2D eigenvalue weighted by Crippen LogP contribution is -2.53. The molecule has 1 amide bonds. The van der Waals surface area contributed by atoms with E-state index in [-0.39, 0.29) is 45.0 Å². The van der Waals surface area contributed by atoms with Gasteiger partial charge in [-0.2, -0.15) is 0 Å². The predicted molar refractivity (Wildman–Crippen MR) is 196 cm³/mol. The largest absolute Gasteiger partial charge is 0.460 e. The highest BCUT2D eigenvalue weighted by Gasteiger charge is 2.33. The number of carbonyl (C=O) groups is 2. The Morgan fingerprint density at radius 3 is 2.18 bits per heavy atom. The minimum atomic E-state index is -3.50. The smallest absolute Gasteiger partial charge is 0.387 e. The minimum absolute atomic E-state index is 0.0328. The first-order valence-electron chi connectivity index (χ1n) is 25.8. The molecule has 50 heavy (non-hydrogen) atoms. The predicted octanol–water partition coefficient (Wildman–Crippen LogP) is 3.83. The van der Waals surface area contributed by atoms with Gasteiger partial charge in [0.15, 0.2) is 0 Å². The highest BCUT2D eigenvalue weighted by Crippen LogP contribution is 2.29. The van der Waals surface area contributed by atoms with Crippen LogP contribution in [0.3, 0.4) is 0 Å². The second-order valence-corrected chi connectivity index (χ2v) is 9.75. The Morgan fingerprint density at radius 2 is 1.62 bits per heavy atom. The summed E-state index contributed by atoms with van der Waals surface area (Å²) < 4.78 is 191. The van der Waals surface area contributed by atoms with E-state index in [1.54, 1.807) is 6.92 Å². The SMILES string of the molecule is [2H]Cl.[2H]c1nc(N(C([2H])([2H])[2H])[C@@]2([2H])C([2H])([2H])N(C(=O)C[N+]#[C-])CC[C@@]2([2H])C([2H])([2H])[2H])c2cc[nH]c2n1.[2H]c1nc(N(C([2H])([2H])[2H])[C@@]2([2H])C([2H])([2H])NCC[C@@]2([2H])C([2H])([2H])[2H])c2cc[nH]c2n1.[C-]#[N+]CC(=O)OCC. The van der Waals surface area contributed by atoms with Gasteiger partial charge in [-0.25, -0.2) is 37.9 Å².